The maximum atomic E-state index is 13.9. The number of carbonyl (C=O) groups excluding carboxylic acids is 1. The van der Waals surface area contributed by atoms with Gasteiger partial charge >= 0.3 is 0 Å². The van der Waals surface area contributed by atoms with Crippen LogP contribution in [0.15, 0.2) is 48.5 Å². The van der Waals surface area contributed by atoms with Crippen molar-refractivity contribution in [1.82, 2.24) is 15.1 Å². The van der Waals surface area contributed by atoms with E-state index < -0.39 is 0 Å². The zero-order chi connectivity index (χ0) is 24.9. The molecule has 3 aliphatic carbocycles. The van der Waals surface area contributed by atoms with E-state index in [-0.39, 0.29) is 17.4 Å². The molecule has 2 aromatic rings. The molecule has 194 valence electrons. The van der Waals surface area contributed by atoms with Crippen molar-refractivity contribution < 1.29 is 9.90 Å². The van der Waals surface area contributed by atoms with E-state index in [1.807, 2.05) is 36.4 Å². The number of rotatable bonds is 4. The molecular formula is C32H39N3O2. The summed E-state index contributed by atoms with van der Waals surface area (Å²) in [6.07, 6.45) is 7.11. The van der Waals surface area contributed by atoms with Crippen LogP contribution in [-0.4, -0.2) is 65.1 Å². The van der Waals surface area contributed by atoms with Crippen LogP contribution in [0.5, 0.6) is 5.75 Å². The minimum absolute atomic E-state index is 0.0844. The van der Waals surface area contributed by atoms with E-state index in [4.69, 9.17) is 0 Å². The topological polar surface area (TPSA) is 55.8 Å². The molecule has 1 amide bonds. The standard InChI is InChI=1S/C32H39N3O2/c1-2-26-29-28-22(18-35(26)30(37)20-7-4-3-5-8-20)17-32(28)27-15-21-10-11-24(36)16-25(21)31(29,32)12-14-34(27)19-23-9-6-13-33-23/h3-5,7-8,10-11,16,22-23,26-29,33,36H,2,6,9,12-15,17-19H2,1H3/t22-,23-,26?,27?,28?,29?,31?,32?/m1/s1. The van der Waals surface area contributed by atoms with Crippen LogP contribution in [0.25, 0.3) is 0 Å². The van der Waals surface area contributed by atoms with E-state index in [9.17, 15) is 9.90 Å². The number of phenolic OH excluding ortho intramolecular Hbond substituents is 1. The normalized spacial score (nSPS) is 41.2. The summed E-state index contributed by atoms with van der Waals surface area (Å²) in [6.45, 7) is 6.67. The monoisotopic (exact) mass is 497 g/mol. The first kappa shape index (κ1) is 22.6. The van der Waals surface area contributed by atoms with Crippen LogP contribution in [-0.2, 0) is 11.8 Å². The number of aromatic hydroxyl groups is 1. The van der Waals surface area contributed by atoms with Gasteiger partial charge in [0.2, 0.25) is 0 Å². The van der Waals surface area contributed by atoms with Crippen LogP contribution in [0.1, 0.15) is 60.5 Å². The van der Waals surface area contributed by atoms with Crippen molar-refractivity contribution in [2.75, 3.05) is 26.2 Å². The number of carbonyl (C=O) groups is 1. The Hall–Kier alpha value is -2.37. The summed E-state index contributed by atoms with van der Waals surface area (Å²) in [5.41, 5.74) is 4.09. The summed E-state index contributed by atoms with van der Waals surface area (Å²) in [4.78, 5) is 19.0. The molecule has 0 aromatic heterocycles. The van der Waals surface area contributed by atoms with Crippen LogP contribution in [0.4, 0.5) is 0 Å². The minimum atomic E-state index is 0.0844. The maximum absolute atomic E-state index is 13.9. The van der Waals surface area contributed by atoms with E-state index in [0.29, 0.717) is 41.0 Å². The Morgan fingerprint density at radius 1 is 1.16 bits per heavy atom. The van der Waals surface area contributed by atoms with Crippen LogP contribution in [0.2, 0.25) is 0 Å². The van der Waals surface area contributed by atoms with Gasteiger partial charge in [0.25, 0.3) is 5.91 Å². The van der Waals surface area contributed by atoms with Crippen molar-refractivity contribution in [2.24, 2.45) is 23.2 Å². The van der Waals surface area contributed by atoms with E-state index in [2.05, 4.69) is 34.2 Å². The Bertz CT molecular complexity index is 1240. The SMILES string of the molecule is CCC1C2C3[C@@H](CN1C(=O)c1ccccc1)CC31C3Cc4ccc(O)cc4C21CCN3C[C@H]1CCCN1. The molecule has 37 heavy (non-hydrogen) atoms. The molecule has 1 spiro atoms. The molecule has 8 rings (SSSR count). The predicted molar refractivity (Wildman–Crippen MR) is 144 cm³/mol. The lowest BCUT2D eigenvalue weighted by Crippen LogP contribution is -2.90. The number of nitrogens with zero attached hydrogens (tertiary/aromatic N) is 2. The van der Waals surface area contributed by atoms with Crippen LogP contribution in [0, 0.1) is 23.2 Å². The highest BCUT2D eigenvalue weighted by molar-refractivity contribution is 5.94. The first-order chi connectivity index (χ1) is 18.1. The number of phenols is 1. The van der Waals surface area contributed by atoms with Crippen molar-refractivity contribution in [3.63, 3.8) is 0 Å². The summed E-state index contributed by atoms with van der Waals surface area (Å²) in [7, 11) is 0. The highest BCUT2D eigenvalue weighted by atomic mass is 16.3. The van der Waals surface area contributed by atoms with Gasteiger partial charge in [-0.3, -0.25) is 9.69 Å². The van der Waals surface area contributed by atoms with Crippen LogP contribution < -0.4 is 5.32 Å². The molecule has 2 bridgehead atoms. The number of fused-ring (bicyclic) bond motifs is 1. The molecule has 0 radical (unpaired) electrons. The van der Waals surface area contributed by atoms with Gasteiger partial charge in [0.1, 0.15) is 5.75 Å². The fourth-order valence-electron chi connectivity index (χ4n) is 10.9. The fourth-order valence-corrected chi connectivity index (χ4v) is 10.9. The highest BCUT2D eigenvalue weighted by Crippen LogP contribution is 2.84. The first-order valence-corrected chi connectivity index (χ1v) is 14.7. The summed E-state index contributed by atoms with van der Waals surface area (Å²) in [5, 5.41) is 14.4. The van der Waals surface area contributed by atoms with Gasteiger partial charge in [-0.15, -0.1) is 0 Å². The molecule has 6 unspecified atom stereocenters. The van der Waals surface area contributed by atoms with Gasteiger partial charge in [-0.2, -0.15) is 0 Å². The maximum Gasteiger partial charge on any atom is 0.254 e. The number of amides is 1. The molecule has 6 aliphatic rings. The minimum Gasteiger partial charge on any atom is -0.508 e. The molecule has 5 fully saturated rings. The second-order valence-corrected chi connectivity index (χ2v) is 12.9. The van der Waals surface area contributed by atoms with Crippen LogP contribution in [0.3, 0.4) is 0 Å². The largest absolute Gasteiger partial charge is 0.508 e. The number of hydrogen-bond donors (Lipinski definition) is 2. The molecular weight excluding hydrogens is 458 g/mol. The van der Waals surface area contributed by atoms with Gasteiger partial charge in [-0.25, -0.2) is 0 Å². The first-order valence-electron chi connectivity index (χ1n) is 14.7. The molecule has 8 atom stereocenters. The number of hydrogen-bond acceptors (Lipinski definition) is 4. The second kappa shape index (κ2) is 7.83. The van der Waals surface area contributed by atoms with Crippen molar-refractivity contribution in [1.29, 1.82) is 0 Å². The lowest BCUT2D eigenvalue weighted by Gasteiger charge is -2.88. The van der Waals surface area contributed by atoms with Crippen LogP contribution >= 0.6 is 0 Å². The third-order valence-electron chi connectivity index (χ3n) is 11.9. The molecule has 2 aromatic carbocycles. The van der Waals surface area contributed by atoms with Gasteiger partial charge in [0, 0.05) is 47.6 Å². The number of likely N-dealkylation sites (tertiary alicyclic amines) is 2. The Kier molecular flexibility index (Phi) is 4.78. The van der Waals surface area contributed by atoms with Crippen molar-refractivity contribution in [3.05, 3.63) is 65.2 Å². The second-order valence-electron chi connectivity index (χ2n) is 12.9. The molecule has 5 nitrogen and oxygen atoms in total. The number of benzene rings is 2. The quantitative estimate of drug-likeness (QED) is 0.665. The third-order valence-corrected chi connectivity index (χ3v) is 11.9. The summed E-state index contributed by atoms with van der Waals surface area (Å²) in [6, 6.07) is 17.6. The smallest absolute Gasteiger partial charge is 0.254 e. The van der Waals surface area contributed by atoms with Crippen molar-refractivity contribution >= 4 is 5.91 Å². The molecule has 3 saturated heterocycles. The summed E-state index contributed by atoms with van der Waals surface area (Å²) >= 11 is 0. The number of nitrogens with one attached hydrogen (secondary N) is 1. The van der Waals surface area contributed by atoms with Crippen molar-refractivity contribution in [3.8, 4) is 5.75 Å². The molecule has 2 N–H and O–H groups in total. The van der Waals surface area contributed by atoms with E-state index >= 15 is 0 Å². The summed E-state index contributed by atoms with van der Waals surface area (Å²) < 4.78 is 0. The average Bonchev–Trinajstić information content (AvgIpc) is 3.41. The molecule has 3 heterocycles. The van der Waals surface area contributed by atoms with Gasteiger partial charge in [-0.1, -0.05) is 31.2 Å². The summed E-state index contributed by atoms with van der Waals surface area (Å²) in [5.74, 6) is 2.42. The number of piperidine rings is 2. The lowest BCUT2D eigenvalue weighted by atomic mass is 9.20. The molecule has 3 aliphatic heterocycles. The van der Waals surface area contributed by atoms with E-state index in [1.165, 1.54) is 36.9 Å². The zero-order valence-electron chi connectivity index (χ0n) is 21.9. The predicted octanol–water partition coefficient (Wildman–Crippen LogP) is 4.20. The van der Waals surface area contributed by atoms with Gasteiger partial charge in [-0.05, 0) is 105 Å². The van der Waals surface area contributed by atoms with Crippen molar-refractivity contribution in [2.45, 2.75) is 69.0 Å². The molecule has 2 saturated carbocycles. The zero-order valence-corrected chi connectivity index (χ0v) is 21.9. The third kappa shape index (κ3) is 2.70. The average molecular weight is 498 g/mol. The molecule has 5 heteroatoms. The van der Waals surface area contributed by atoms with E-state index in [1.54, 1.807) is 0 Å². The Balaban J connectivity index is 1.22. The highest BCUT2D eigenvalue weighted by Gasteiger charge is 2.85. The van der Waals surface area contributed by atoms with Gasteiger partial charge in [0.05, 0.1) is 0 Å². The Labute approximate surface area is 220 Å². The lowest BCUT2D eigenvalue weighted by molar-refractivity contribution is -0.349. The fraction of sp³-hybridized carbons (Fsp3) is 0.594. The Morgan fingerprint density at radius 3 is 2.81 bits per heavy atom. The van der Waals surface area contributed by atoms with Gasteiger partial charge < -0.3 is 15.3 Å². The Morgan fingerprint density at radius 2 is 2.03 bits per heavy atom. The van der Waals surface area contributed by atoms with E-state index in [0.717, 1.165) is 44.5 Å². The van der Waals surface area contributed by atoms with Gasteiger partial charge in [0.15, 0.2) is 0 Å².